The number of hydrogen-bond acceptors (Lipinski definition) is 5. The van der Waals surface area contributed by atoms with Crippen molar-refractivity contribution in [2.45, 2.75) is 13.0 Å². The standard InChI is InChI=1S/C11H14N4O2/c1-7-3-8-10(12-4-7)15-6-14(17-2)5-9(15)11(16)13-8/h3,5,8H,4,6H2,1-2H3,(H,13,16). The lowest BCUT2D eigenvalue weighted by molar-refractivity contribution is -0.119. The van der Waals surface area contributed by atoms with Crippen molar-refractivity contribution in [3.8, 4) is 0 Å². The second-order valence-electron chi connectivity index (χ2n) is 4.32. The number of aliphatic imine (C=N–C) groups is 1. The highest BCUT2D eigenvalue weighted by molar-refractivity contribution is 6.08. The van der Waals surface area contributed by atoms with Crippen LogP contribution in [0.3, 0.4) is 0 Å². The normalized spacial score (nSPS) is 26.8. The Morgan fingerprint density at radius 3 is 3.18 bits per heavy atom. The van der Waals surface area contributed by atoms with Gasteiger partial charge in [-0.25, -0.2) is 5.06 Å². The van der Waals surface area contributed by atoms with Gasteiger partial charge in [-0.05, 0) is 6.92 Å². The zero-order valence-corrected chi connectivity index (χ0v) is 9.80. The second kappa shape index (κ2) is 3.59. The van der Waals surface area contributed by atoms with E-state index in [0.29, 0.717) is 18.9 Å². The SMILES string of the molecule is CON1C=C2C(=O)NC3C=C(C)CN=C3N2C1. The average molecular weight is 234 g/mol. The van der Waals surface area contributed by atoms with Gasteiger partial charge in [0.05, 0.1) is 19.9 Å². The molecule has 0 aliphatic carbocycles. The topological polar surface area (TPSA) is 57.2 Å². The molecule has 0 radical (unpaired) electrons. The van der Waals surface area contributed by atoms with Crippen LogP contribution in [0.1, 0.15) is 6.92 Å². The predicted molar refractivity (Wildman–Crippen MR) is 61.6 cm³/mol. The first-order valence-corrected chi connectivity index (χ1v) is 5.51. The lowest BCUT2D eigenvalue weighted by Gasteiger charge is -2.35. The van der Waals surface area contributed by atoms with E-state index in [1.807, 2.05) is 17.9 Å². The highest BCUT2D eigenvalue weighted by atomic mass is 16.7. The number of fused-ring (bicyclic) bond motifs is 3. The fourth-order valence-corrected chi connectivity index (χ4v) is 2.24. The molecule has 17 heavy (non-hydrogen) atoms. The summed E-state index contributed by atoms with van der Waals surface area (Å²) in [7, 11) is 1.58. The quantitative estimate of drug-likeness (QED) is 0.639. The molecule has 90 valence electrons. The summed E-state index contributed by atoms with van der Waals surface area (Å²) in [5.74, 6) is 0.806. The van der Waals surface area contributed by atoms with E-state index in [-0.39, 0.29) is 11.9 Å². The molecule has 3 heterocycles. The minimum absolute atomic E-state index is 0.0838. The van der Waals surface area contributed by atoms with Gasteiger partial charge in [0.2, 0.25) is 0 Å². The van der Waals surface area contributed by atoms with Crippen LogP contribution in [0.2, 0.25) is 0 Å². The predicted octanol–water partition coefficient (Wildman–Crippen LogP) is -0.179. The van der Waals surface area contributed by atoms with E-state index in [4.69, 9.17) is 4.84 Å². The van der Waals surface area contributed by atoms with Crippen molar-refractivity contribution in [3.63, 3.8) is 0 Å². The molecule has 0 bridgehead atoms. The Labute approximate surface area is 99.2 Å². The van der Waals surface area contributed by atoms with Crippen molar-refractivity contribution < 1.29 is 9.63 Å². The van der Waals surface area contributed by atoms with E-state index >= 15 is 0 Å². The highest BCUT2D eigenvalue weighted by Crippen LogP contribution is 2.24. The van der Waals surface area contributed by atoms with Crippen molar-refractivity contribution in [1.82, 2.24) is 15.3 Å². The molecule has 0 saturated carbocycles. The van der Waals surface area contributed by atoms with Crippen LogP contribution in [-0.2, 0) is 9.63 Å². The van der Waals surface area contributed by atoms with E-state index in [9.17, 15) is 4.79 Å². The largest absolute Gasteiger partial charge is 0.337 e. The van der Waals surface area contributed by atoms with Crippen LogP contribution in [0.4, 0.5) is 0 Å². The van der Waals surface area contributed by atoms with E-state index in [0.717, 1.165) is 5.84 Å². The maximum absolute atomic E-state index is 11.9. The molecule has 1 atom stereocenters. The minimum atomic E-state index is -0.106. The van der Waals surface area contributed by atoms with E-state index in [1.165, 1.54) is 5.57 Å². The molecule has 6 heteroatoms. The van der Waals surface area contributed by atoms with Crippen molar-refractivity contribution in [2.24, 2.45) is 4.99 Å². The van der Waals surface area contributed by atoms with Crippen LogP contribution in [0.25, 0.3) is 0 Å². The van der Waals surface area contributed by atoms with Crippen LogP contribution >= 0.6 is 0 Å². The fraction of sp³-hybridized carbons (Fsp3) is 0.455. The van der Waals surface area contributed by atoms with Crippen LogP contribution in [0.5, 0.6) is 0 Å². The highest BCUT2D eigenvalue weighted by Gasteiger charge is 2.39. The molecule has 1 amide bonds. The summed E-state index contributed by atoms with van der Waals surface area (Å²) in [6, 6.07) is -0.106. The Morgan fingerprint density at radius 2 is 2.41 bits per heavy atom. The first-order valence-electron chi connectivity index (χ1n) is 5.51. The number of rotatable bonds is 1. The third kappa shape index (κ3) is 1.52. The Bertz CT molecular complexity index is 466. The molecule has 3 rings (SSSR count). The zero-order valence-electron chi connectivity index (χ0n) is 9.80. The van der Waals surface area contributed by atoms with Gasteiger partial charge in [0.1, 0.15) is 24.2 Å². The molecule has 3 aliphatic rings. The molecule has 1 saturated heterocycles. The van der Waals surface area contributed by atoms with Crippen LogP contribution < -0.4 is 5.32 Å². The lowest BCUT2D eigenvalue weighted by atomic mass is 10.1. The van der Waals surface area contributed by atoms with Crippen molar-refractivity contribution in [2.75, 3.05) is 20.3 Å². The Balaban J connectivity index is 1.94. The summed E-state index contributed by atoms with van der Waals surface area (Å²) in [4.78, 5) is 23.4. The molecule has 1 fully saturated rings. The number of amides is 1. The first-order chi connectivity index (χ1) is 8.19. The number of nitrogens with zero attached hydrogens (tertiary/aromatic N) is 3. The monoisotopic (exact) mass is 234 g/mol. The number of nitrogens with one attached hydrogen (secondary N) is 1. The smallest absolute Gasteiger partial charge is 0.270 e. The lowest BCUT2D eigenvalue weighted by Crippen LogP contribution is -2.56. The van der Waals surface area contributed by atoms with Crippen LogP contribution in [-0.4, -0.2) is 48.1 Å². The maximum atomic E-state index is 11.9. The number of hydrogen-bond donors (Lipinski definition) is 1. The summed E-state index contributed by atoms with van der Waals surface area (Å²) in [5.41, 5.74) is 1.77. The minimum Gasteiger partial charge on any atom is -0.337 e. The molecule has 0 aromatic rings. The molecule has 1 N–H and O–H groups in total. The van der Waals surface area contributed by atoms with Crippen molar-refractivity contribution >= 4 is 11.7 Å². The van der Waals surface area contributed by atoms with Crippen LogP contribution in [0, 0.1) is 0 Å². The summed E-state index contributed by atoms with van der Waals surface area (Å²) in [5, 5.41) is 4.54. The molecule has 1 unspecified atom stereocenters. The summed E-state index contributed by atoms with van der Waals surface area (Å²) in [6.45, 7) is 3.23. The zero-order chi connectivity index (χ0) is 12.0. The molecule has 3 aliphatic heterocycles. The molecular weight excluding hydrogens is 220 g/mol. The van der Waals surface area contributed by atoms with Gasteiger partial charge in [0.25, 0.3) is 5.91 Å². The fourth-order valence-electron chi connectivity index (χ4n) is 2.24. The van der Waals surface area contributed by atoms with E-state index < -0.39 is 0 Å². The average Bonchev–Trinajstić information content (AvgIpc) is 2.73. The van der Waals surface area contributed by atoms with Gasteiger partial charge >= 0.3 is 0 Å². The van der Waals surface area contributed by atoms with E-state index in [2.05, 4.69) is 10.3 Å². The molecule has 0 aromatic heterocycles. The Hall–Kier alpha value is -1.82. The summed E-state index contributed by atoms with van der Waals surface area (Å²) in [6.07, 6.45) is 3.74. The number of dihydropyridines is 1. The maximum Gasteiger partial charge on any atom is 0.270 e. The van der Waals surface area contributed by atoms with Gasteiger partial charge in [-0.3, -0.25) is 14.6 Å². The van der Waals surface area contributed by atoms with Gasteiger partial charge in [-0.2, -0.15) is 0 Å². The molecular formula is C11H14N4O2. The molecule has 0 aromatic carbocycles. The number of carbonyl (C=O) groups excluding carboxylic acids is 1. The Kier molecular flexibility index (Phi) is 2.19. The van der Waals surface area contributed by atoms with Crippen molar-refractivity contribution in [3.05, 3.63) is 23.5 Å². The molecule has 0 spiro atoms. The number of piperazine rings is 1. The van der Waals surface area contributed by atoms with Crippen molar-refractivity contribution in [1.29, 1.82) is 0 Å². The summed E-state index contributed by atoms with van der Waals surface area (Å²) >= 11 is 0. The van der Waals surface area contributed by atoms with Crippen LogP contribution in [0.15, 0.2) is 28.5 Å². The third-order valence-corrected chi connectivity index (χ3v) is 3.09. The number of amidine groups is 1. The third-order valence-electron chi connectivity index (χ3n) is 3.09. The summed E-state index contributed by atoms with van der Waals surface area (Å²) < 4.78 is 0. The van der Waals surface area contributed by atoms with Gasteiger partial charge in [0.15, 0.2) is 0 Å². The van der Waals surface area contributed by atoms with E-state index in [1.54, 1.807) is 18.4 Å². The van der Waals surface area contributed by atoms with Gasteiger partial charge < -0.3 is 10.2 Å². The molecule has 6 nitrogen and oxygen atoms in total. The second-order valence-corrected chi connectivity index (χ2v) is 4.32. The number of hydroxylamine groups is 2. The van der Waals surface area contributed by atoms with Gasteiger partial charge in [0, 0.05) is 0 Å². The number of carbonyl (C=O) groups is 1. The van der Waals surface area contributed by atoms with Gasteiger partial charge in [-0.15, -0.1) is 0 Å². The van der Waals surface area contributed by atoms with Gasteiger partial charge in [-0.1, -0.05) is 11.6 Å². The Morgan fingerprint density at radius 1 is 1.59 bits per heavy atom. The first kappa shape index (κ1) is 10.3.